The second-order valence-corrected chi connectivity index (χ2v) is 8.58. The van der Waals surface area contributed by atoms with Crippen LogP contribution in [0.3, 0.4) is 0 Å². The van der Waals surface area contributed by atoms with Gasteiger partial charge in [-0.2, -0.15) is 5.10 Å². The van der Waals surface area contributed by atoms with Crippen molar-refractivity contribution in [1.29, 1.82) is 0 Å². The van der Waals surface area contributed by atoms with Crippen LogP contribution in [0.4, 0.5) is 13.6 Å². The number of hydrogen-bond donors (Lipinski definition) is 4. The van der Waals surface area contributed by atoms with E-state index in [1.807, 2.05) is 0 Å². The Hall–Kier alpha value is -1.97. The summed E-state index contributed by atoms with van der Waals surface area (Å²) < 4.78 is 30.2. The molecule has 160 valence electrons. The maximum absolute atomic E-state index is 15.1. The summed E-state index contributed by atoms with van der Waals surface area (Å²) in [4.78, 5) is 13.6. The van der Waals surface area contributed by atoms with Crippen LogP contribution in [0.1, 0.15) is 38.4 Å². The normalized spacial score (nSPS) is 17.6. The fourth-order valence-electron chi connectivity index (χ4n) is 3.56. The molecule has 3 rings (SSSR count). The van der Waals surface area contributed by atoms with Crippen LogP contribution in [0.2, 0.25) is 5.02 Å². The van der Waals surface area contributed by atoms with Crippen molar-refractivity contribution < 1.29 is 23.8 Å². The number of likely N-dealkylation sites (tertiary alicyclic amines) is 1. The Kier molecular flexibility index (Phi) is 6.03. The number of hydrogen-bond acceptors (Lipinski definition) is 4. The van der Waals surface area contributed by atoms with Gasteiger partial charge in [0.25, 0.3) is 5.92 Å². The largest absolute Gasteiger partial charge is 0.389 e. The third-order valence-electron chi connectivity index (χ3n) is 5.20. The summed E-state index contributed by atoms with van der Waals surface area (Å²) in [6.07, 6.45) is -0.496. The van der Waals surface area contributed by atoms with Crippen molar-refractivity contribution in [3.05, 3.63) is 28.9 Å². The number of aliphatic hydroxyl groups is 2. The molecule has 0 spiro atoms. The lowest BCUT2D eigenvalue weighted by atomic mass is 9.85. The Labute approximate surface area is 172 Å². The molecule has 0 bridgehead atoms. The Morgan fingerprint density at radius 3 is 2.69 bits per heavy atom. The number of aliphatic hydroxyl groups excluding tert-OH is 1. The van der Waals surface area contributed by atoms with E-state index < -0.39 is 29.6 Å². The maximum Gasteiger partial charge on any atom is 0.317 e. The van der Waals surface area contributed by atoms with Gasteiger partial charge >= 0.3 is 6.03 Å². The van der Waals surface area contributed by atoms with E-state index >= 15 is 8.78 Å². The van der Waals surface area contributed by atoms with Crippen molar-refractivity contribution >= 4 is 28.5 Å². The second-order valence-electron chi connectivity index (χ2n) is 8.14. The second kappa shape index (κ2) is 8.04. The van der Waals surface area contributed by atoms with E-state index in [1.54, 1.807) is 19.9 Å². The van der Waals surface area contributed by atoms with Gasteiger partial charge in [-0.25, -0.2) is 13.6 Å². The number of halogens is 3. The van der Waals surface area contributed by atoms with E-state index in [0.29, 0.717) is 10.9 Å². The van der Waals surface area contributed by atoms with Gasteiger partial charge in [-0.15, -0.1) is 0 Å². The molecule has 29 heavy (non-hydrogen) atoms. The van der Waals surface area contributed by atoms with Crippen LogP contribution >= 0.6 is 11.6 Å². The van der Waals surface area contributed by atoms with Gasteiger partial charge in [0.15, 0.2) is 0 Å². The molecular formula is C19H25ClF2N4O3. The predicted octanol–water partition coefficient (Wildman–Crippen LogP) is 3.08. The number of carbonyl (C=O) groups is 1. The maximum atomic E-state index is 15.1. The minimum Gasteiger partial charge on any atom is -0.389 e. The van der Waals surface area contributed by atoms with Crippen molar-refractivity contribution in [2.45, 2.75) is 44.3 Å². The highest BCUT2D eigenvalue weighted by Gasteiger charge is 2.48. The predicted molar refractivity (Wildman–Crippen MR) is 105 cm³/mol. The summed E-state index contributed by atoms with van der Waals surface area (Å²) in [5.41, 5.74) is -0.731. The molecule has 0 radical (unpaired) electrons. The third kappa shape index (κ3) is 4.79. The Bertz CT molecular complexity index is 876. The zero-order valence-electron chi connectivity index (χ0n) is 16.3. The van der Waals surface area contributed by atoms with Crippen molar-refractivity contribution in [3.63, 3.8) is 0 Å². The Balaban J connectivity index is 1.68. The first-order valence-corrected chi connectivity index (χ1v) is 9.80. The molecule has 2 aromatic rings. The van der Waals surface area contributed by atoms with Crippen LogP contribution in [0.25, 0.3) is 10.9 Å². The number of aromatic amines is 1. The number of nitrogens with zero attached hydrogens (tertiary/aromatic N) is 2. The van der Waals surface area contributed by atoms with Gasteiger partial charge in [0.2, 0.25) is 0 Å². The third-order valence-corrected chi connectivity index (χ3v) is 5.42. The Morgan fingerprint density at radius 2 is 2.07 bits per heavy atom. The molecule has 1 saturated heterocycles. The monoisotopic (exact) mass is 430 g/mol. The van der Waals surface area contributed by atoms with E-state index in [-0.39, 0.29) is 43.1 Å². The molecule has 2 heterocycles. The zero-order valence-corrected chi connectivity index (χ0v) is 17.0. The average molecular weight is 431 g/mol. The van der Waals surface area contributed by atoms with E-state index in [0.717, 1.165) is 0 Å². The van der Waals surface area contributed by atoms with Crippen molar-refractivity contribution in [2.24, 2.45) is 5.92 Å². The number of fused-ring (bicyclic) bond motifs is 1. The summed E-state index contributed by atoms with van der Waals surface area (Å²) in [6.45, 7) is 3.47. The van der Waals surface area contributed by atoms with Gasteiger partial charge in [0.05, 0.1) is 17.3 Å². The average Bonchev–Trinajstić information content (AvgIpc) is 3.12. The molecule has 10 heteroatoms. The van der Waals surface area contributed by atoms with E-state index in [4.69, 9.17) is 11.6 Å². The first-order chi connectivity index (χ1) is 13.5. The number of H-pyrrole nitrogens is 1. The molecule has 1 aliphatic rings. The Morgan fingerprint density at radius 1 is 1.41 bits per heavy atom. The summed E-state index contributed by atoms with van der Waals surface area (Å²) >= 11 is 6.01. The SMILES string of the molecule is CC(C)(O)CNC(=O)N1CCC(C(F)(F)C(O)c2cc(Cl)cc3cn[nH]c23)CC1. The van der Waals surface area contributed by atoms with Gasteiger partial charge in [-0.05, 0) is 38.8 Å². The smallest absolute Gasteiger partial charge is 0.317 e. The number of aromatic nitrogens is 2. The molecule has 4 N–H and O–H groups in total. The molecular weight excluding hydrogens is 406 g/mol. The first-order valence-electron chi connectivity index (χ1n) is 9.42. The lowest BCUT2D eigenvalue weighted by Crippen LogP contribution is -2.50. The summed E-state index contributed by atoms with van der Waals surface area (Å²) in [6, 6.07) is 2.50. The number of nitrogens with one attached hydrogen (secondary N) is 2. The molecule has 2 amide bonds. The molecule has 1 aliphatic heterocycles. The van der Waals surface area contributed by atoms with Crippen molar-refractivity contribution in [2.75, 3.05) is 19.6 Å². The van der Waals surface area contributed by atoms with Gasteiger partial charge in [-0.3, -0.25) is 5.10 Å². The van der Waals surface area contributed by atoms with E-state index in [9.17, 15) is 15.0 Å². The highest BCUT2D eigenvalue weighted by molar-refractivity contribution is 6.31. The van der Waals surface area contributed by atoms with Gasteiger partial charge in [0.1, 0.15) is 6.10 Å². The molecule has 7 nitrogen and oxygen atoms in total. The fraction of sp³-hybridized carbons (Fsp3) is 0.579. The summed E-state index contributed by atoms with van der Waals surface area (Å²) in [7, 11) is 0. The quantitative estimate of drug-likeness (QED) is 0.585. The topological polar surface area (TPSA) is 101 Å². The van der Waals surface area contributed by atoms with Crippen LogP contribution in [-0.4, -0.2) is 62.5 Å². The van der Waals surface area contributed by atoms with Crippen LogP contribution in [0.15, 0.2) is 18.3 Å². The molecule has 1 aromatic carbocycles. The first kappa shape index (κ1) is 21.7. The van der Waals surface area contributed by atoms with Crippen LogP contribution in [0, 0.1) is 5.92 Å². The molecule has 0 saturated carbocycles. The zero-order chi connectivity index (χ0) is 21.4. The van der Waals surface area contributed by atoms with E-state index in [2.05, 4.69) is 15.5 Å². The number of piperidine rings is 1. The lowest BCUT2D eigenvalue weighted by molar-refractivity contribution is -0.159. The fourth-order valence-corrected chi connectivity index (χ4v) is 3.80. The van der Waals surface area contributed by atoms with Gasteiger partial charge < -0.3 is 20.4 Å². The van der Waals surface area contributed by atoms with Crippen LogP contribution in [-0.2, 0) is 0 Å². The van der Waals surface area contributed by atoms with Crippen LogP contribution < -0.4 is 5.32 Å². The molecule has 1 aromatic heterocycles. The van der Waals surface area contributed by atoms with Crippen molar-refractivity contribution in [1.82, 2.24) is 20.4 Å². The number of carbonyl (C=O) groups excluding carboxylic acids is 1. The summed E-state index contributed by atoms with van der Waals surface area (Å²) in [5, 5.41) is 30.0. The van der Waals surface area contributed by atoms with Gasteiger partial charge in [0, 0.05) is 41.5 Å². The number of urea groups is 1. The minimum atomic E-state index is -3.40. The van der Waals surface area contributed by atoms with Crippen molar-refractivity contribution in [3.8, 4) is 0 Å². The number of amides is 2. The number of rotatable bonds is 5. The summed E-state index contributed by atoms with van der Waals surface area (Å²) in [5.74, 6) is -4.49. The highest BCUT2D eigenvalue weighted by Crippen LogP contribution is 2.44. The molecule has 1 fully saturated rings. The molecule has 1 unspecified atom stereocenters. The lowest BCUT2D eigenvalue weighted by Gasteiger charge is -2.38. The number of alkyl halides is 2. The van der Waals surface area contributed by atoms with Gasteiger partial charge in [-0.1, -0.05) is 11.6 Å². The van der Waals surface area contributed by atoms with E-state index in [1.165, 1.54) is 17.2 Å². The minimum absolute atomic E-state index is 0.000324. The highest BCUT2D eigenvalue weighted by atomic mass is 35.5. The number of benzene rings is 1. The molecule has 1 atom stereocenters. The van der Waals surface area contributed by atoms with Crippen LogP contribution in [0.5, 0.6) is 0 Å². The molecule has 0 aliphatic carbocycles. The standard InChI is InChI=1S/C19H25ClF2N4O3/c1-18(2,29)10-23-17(28)26-5-3-12(4-6-26)19(21,22)16(27)14-8-13(20)7-11-9-24-25-15(11)14/h7-9,12,16,27,29H,3-6,10H2,1-2H3,(H,23,28)(H,24,25).